The van der Waals surface area contributed by atoms with Crippen LogP contribution in [0.2, 0.25) is 0 Å². The van der Waals surface area contributed by atoms with Crippen LogP contribution in [-0.2, 0) is 20.8 Å². The van der Waals surface area contributed by atoms with Crippen molar-refractivity contribution >= 4 is 17.8 Å². The van der Waals surface area contributed by atoms with Crippen molar-refractivity contribution in [3.8, 4) is 6.07 Å². The Bertz CT molecular complexity index is 647. The molecule has 0 aromatic heterocycles. The molecule has 24 heavy (non-hydrogen) atoms. The second-order valence-electron chi connectivity index (χ2n) is 5.83. The largest absolute Gasteiger partial charge is 0.480 e. The number of carboxylic acid groups (broad SMARTS) is 1. The van der Waals surface area contributed by atoms with Gasteiger partial charge in [0.25, 0.3) is 0 Å². The van der Waals surface area contributed by atoms with E-state index in [2.05, 4.69) is 10.6 Å². The lowest BCUT2D eigenvalue weighted by Gasteiger charge is -2.23. The predicted octanol–water partition coefficient (Wildman–Crippen LogP) is 0.831. The predicted molar refractivity (Wildman–Crippen MR) is 86.9 cm³/mol. The van der Waals surface area contributed by atoms with Crippen LogP contribution in [0.15, 0.2) is 24.3 Å². The van der Waals surface area contributed by atoms with Crippen molar-refractivity contribution in [3.63, 3.8) is 0 Å². The first-order chi connectivity index (χ1) is 11.2. The summed E-state index contributed by atoms with van der Waals surface area (Å²) in [4.78, 5) is 34.9. The summed E-state index contributed by atoms with van der Waals surface area (Å²) in [5.74, 6) is -2.25. The van der Waals surface area contributed by atoms with Gasteiger partial charge in [-0.05, 0) is 23.6 Å². The van der Waals surface area contributed by atoms with Crippen molar-refractivity contribution in [2.45, 2.75) is 39.3 Å². The summed E-state index contributed by atoms with van der Waals surface area (Å²) in [7, 11) is 0. The van der Waals surface area contributed by atoms with Crippen molar-refractivity contribution in [2.75, 3.05) is 0 Å². The molecule has 0 spiro atoms. The lowest BCUT2D eigenvalue weighted by atomic mass is 10.0. The van der Waals surface area contributed by atoms with Crippen LogP contribution in [0.25, 0.3) is 0 Å². The van der Waals surface area contributed by atoms with E-state index in [1.165, 1.54) is 6.92 Å². The first-order valence-electron chi connectivity index (χ1n) is 7.54. The number of amides is 2. The van der Waals surface area contributed by atoms with Gasteiger partial charge in [-0.3, -0.25) is 9.59 Å². The summed E-state index contributed by atoms with van der Waals surface area (Å²) in [5, 5.41) is 23.1. The van der Waals surface area contributed by atoms with Crippen molar-refractivity contribution in [1.29, 1.82) is 5.26 Å². The molecule has 0 fully saturated rings. The topological polar surface area (TPSA) is 119 Å². The molecule has 2 amide bonds. The van der Waals surface area contributed by atoms with Gasteiger partial charge in [0.05, 0.1) is 11.6 Å². The number of carbonyl (C=O) groups is 3. The standard InChI is InChI=1S/C17H21N3O4/c1-10(2)15(19-11(3)21)16(22)20-14(17(23)24)8-12-4-6-13(9-18)7-5-12/h4-7,10,14-15H,8H2,1-3H3,(H,19,21)(H,20,22)(H,23,24)/t14-,15+/m0/s1. The molecule has 0 aliphatic carbocycles. The van der Waals surface area contributed by atoms with Crippen molar-refractivity contribution in [2.24, 2.45) is 5.92 Å². The van der Waals surface area contributed by atoms with Gasteiger partial charge < -0.3 is 15.7 Å². The van der Waals surface area contributed by atoms with Crippen LogP contribution in [0.3, 0.4) is 0 Å². The summed E-state index contributed by atoms with van der Waals surface area (Å²) in [6.45, 7) is 4.82. The number of nitrogens with zero attached hydrogens (tertiary/aromatic N) is 1. The van der Waals surface area contributed by atoms with Crippen LogP contribution in [0.5, 0.6) is 0 Å². The van der Waals surface area contributed by atoms with E-state index in [1.807, 2.05) is 6.07 Å². The van der Waals surface area contributed by atoms with Gasteiger partial charge in [0.2, 0.25) is 11.8 Å². The summed E-state index contributed by atoms with van der Waals surface area (Å²) < 4.78 is 0. The molecule has 0 aliphatic heterocycles. The molecule has 1 aromatic rings. The minimum absolute atomic E-state index is 0.0810. The Labute approximate surface area is 140 Å². The number of benzene rings is 1. The highest BCUT2D eigenvalue weighted by Gasteiger charge is 2.28. The van der Waals surface area contributed by atoms with Gasteiger partial charge in [0, 0.05) is 13.3 Å². The van der Waals surface area contributed by atoms with Gasteiger partial charge >= 0.3 is 5.97 Å². The Balaban J connectivity index is 2.84. The quantitative estimate of drug-likeness (QED) is 0.684. The Morgan fingerprint density at radius 3 is 2.17 bits per heavy atom. The lowest BCUT2D eigenvalue weighted by molar-refractivity contribution is -0.142. The Morgan fingerprint density at radius 1 is 1.17 bits per heavy atom. The van der Waals surface area contributed by atoms with Crippen LogP contribution >= 0.6 is 0 Å². The number of carboxylic acids is 1. The van der Waals surface area contributed by atoms with E-state index in [0.717, 1.165) is 0 Å². The molecule has 0 unspecified atom stereocenters. The van der Waals surface area contributed by atoms with Crippen molar-refractivity contribution in [3.05, 3.63) is 35.4 Å². The van der Waals surface area contributed by atoms with E-state index in [1.54, 1.807) is 38.1 Å². The minimum atomic E-state index is -1.17. The van der Waals surface area contributed by atoms with Crippen molar-refractivity contribution in [1.82, 2.24) is 10.6 Å². The smallest absolute Gasteiger partial charge is 0.326 e. The fraction of sp³-hybridized carbons (Fsp3) is 0.412. The summed E-state index contributed by atoms with van der Waals surface area (Å²) in [6, 6.07) is 6.53. The fourth-order valence-electron chi connectivity index (χ4n) is 2.17. The number of rotatable bonds is 7. The Morgan fingerprint density at radius 2 is 1.75 bits per heavy atom. The molecule has 0 aliphatic rings. The highest BCUT2D eigenvalue weighted by molar-refractivity contribution is 5.90. The molecule has 1 rings (SSSR count). The maximum atomic E-state index is 12.3. The zero-order valence-electron chi connectivity index (χ0n) is 13.9. The first-order valence-corrected chi connectivity index (χ1v) is 7.54. The van der Waals surface area contributed by atoms with Gasteiger partial charge in [0.1, 0.15) is 12.1 Å². The third-order valence-electron chi connectivity index (χ3n) is 3.45. The van der Waals surface area contributed by atoms with E-state index < -0.39 is 24.0 Å². The van der Waals surface area contributed by atoms with E-state index in [9.17, 15) is 19.5 Å². The van der Waals surface area contributed by atoms with E-state index in [-0.39, 0.29) is 18.2 Å². The average molecular weight is 331 g/mol. The van der Waals surface area contributed by atoms with E-state index in [0.29, 0.717) is 11.1 Å². The third-order valence-corrected chi connectivity index (χ3v) is 3.45. The highest BCUT2D eigenvalue weighted by Crippen LogP contribution is 2.08. The van der Waals surface area contributed by atoms with Gasteiger partial charge in [-0.2, -0.15) is 5.26 Å². The number of nitriles is 1. The summed E-state index contributed by atoms with van der Waals surface area (Å²) >= 11 is 0. The molecule has 7 nitrogen and oxygen atoms in total. The van der Waals surface area contributed by atoms with Crippen LogP contribution in [0, 0.1) is 17.2 Å². The summed E-state index contributed by atoms with van der Waals surface area (Å²) in [6.07, 6.45) is 0.0810. The number of hydrogen-bond donors (Lipinski definition) is 3. The number of aliphatic carboxylic acids is 1. The number of carbonyl (C=O) groups excluding carboxylic acids is 2. The lowest BCUT2D eigenvalue weighted by Crippen LogP contribution is -2.53. The molecule has 128 valence electrons. The minimum Gasteiger partial charge on any atom is -0.480 e. The normalized spacial score (nSPS) is 12.8. The molecule has 0 saturated heterocycles. The Kier molecular flexibility index (Phi) is 6.93. The maximum Gasteiger partial charge on any atom is 0.326 e. The monoisotopic (exact) mass is 331 g/mol. The fourth-order valence-corrected chi connectivity index (χ4v) is 2.17. The van der Waals surface area contributed by atoms with E-state index >= 15 is 0 Å². The van der Waals surface area contributed by atoms with Gasteiger partial charge in [-0.15, -0.1) is 0 Å². The Hall–Kier alpha value is -2.88. The molecule has 1 aromatic carbocycles. The maximum absolute atomic E-state index is 12.3. The van der Waals surface area contributed by atoms with Crippen LogP contribution in [0.1, 0.15) is 31.9 Å². The molecule has 7 heteroatoms. The van der Waals surface area contributed by atoms with Crippen LogP contribution < -0.4 is 10.6 Å². The molecule has 0 bridgehead atoms. The van der Waals surface area contributed by atoms with Gasteiger partial charge in [0.15, 0.2) is 0 Å². The second kappa shape index (κ2) is 8.67. The third kappa shape index (κ3) is 5.72. The van der Waals surface area contributed by atoms with E-state index in [4.69, 9.17) is 5.26 Å². The van der Waals surface area contributed by atoms with Gasteiger partial charge in [-0.1, -0.05) is 26.0 Å². The van der Waals surface area contributed by atoms with Crippen molar-refractivity contribution < 1.29 is 19.5 Å². The molecular formula is C17H21N3O4. The number of nitrogens with one attached hydrogen (secondary N) is 2. The molecule has 0 saturated carbocycles. The van der Waals surface area contributed by atoms with Crippen LogP contribution in [0.4, 0.5) is 0 Å². The van der Waals surface area contributed by atoms with Gasteiger partial charge in [-0.25, -0.2) is 4.79 Å². The summed E-state index contributed by atoms with van der Waals surface area (Å²) in [5.41, 5.74) is 1.16. The second-order valence-corrected chi connectivity index (χ2v) is 5.83. The molecule has 0 radical (unpaired) electrons. The molecule has 0 heterocycles. The highest BCUT2D eigenvalue weighted by atomic mass is 16.4. The average Bonchev–Trinajstić information content (AvgIpc) is 2.52. The SMILES string of the molecule is CC(=O)N[C@@H](C(=O)N[C@@H](Cc1ccc(C#N)cc1)C(=O)O)C(C)C. The molecule has 3 N–H and O–H groups in total. The molecule has 2 atom stereocenters. The molecular weight excluding hydrogens is 310 g/mol. The number of hydrogen-bond acceptors (Lipinski definition) is 4. The zero-order chi connectivity index (χ0) is 18.3. The zero-order valence-corrected chi connectivity index (χ0v) is 13.9. The van der Waals surface area contributed by atoms with Crippen LogP contribution in [-0.4, -0.2) is 35.0 Å². The first kappa shape index (κ1) is 19.2.